The lowest BCUT2D eigenvalue weighted by molar-refractivity contribution is 0.0937. The van der Waals surface area contributed by atoms with Gasteiger partial charge in [-0.05, 0) is 30.9 Å². The highest BCUT2D eigenvalue weighted by molar-refractivity contribution is 6.00. The molecule has 2 heterocycles. The Labute approximate surface area is 105 Å². The number of nitrogens with one attached hydrogen (secondary N) is 1. The lowest BCUT2D eigenvalue weighted by Gasteiger charge is -2.32. The van der Waals surface area contributed by atoms with Crippen molar-refractivity contribution in [1.29, 1.82) is 0 Å². The van der Waals surface area contributed by atoms with Crippen molar-refractivity contribution in [3.63, 3.8) is 0 Å². The lowest BCUT2D eigenvalue weighted by atomic mass is 9.81. The zero-order valence-electron chi connectivity index (χ0n) is 10.0. The van der Waals surface area contributed by atoms with Crippen LogP contribution in [0.3, 0.4) is 0 Å². The number of rotatable bonds is 3. The topological polar surface area (TPSA) is 72.4 Å². The van der Waals surface area contributed by atoms with Crippen LogP contribution in [0.4, 0.5) is 0 Å². The van der Waals surface area contributed by atoms with Crippen LogP contribution in [0.5, 0.6) is 0 Å². The summed E-state index contributed by atoms with van der Waals surface area (Å²) in [6.45, 7) is 0.705. The summed E-state index contributed by atoms with van der Waals surface area (Å²) in [4.78, 5) is 12.1. The number of aromatic nitrogens is 2. The van der Waals surface area contributed by atoms with Gasteiger partial charge in [0.25, 0.3) is 5.91 Å². The van der Waals surface area contributed by atoms with Crippen LogP contribution >= 0.6 is 0 Å². The number of hydrogen-bond acceptors (Lipinski definition) is 3. The van der Waals surface area contributed by atoms with Gasteiger partial charge in [-0.25, -0.2) is 4.52 Å². The summed E-state index contributed by atoms with van der Waals surface area (Å²) in [7, 11) is 0. The van der Waals surface area contributed by atoms with Gasteiger partial charge < -0.3 is 11.1 Å². The molecule has 3 N–H and O–H groups in total. The fraction of sp³-hybridized carbons (Fsp3) is 0.385. The van der Waals surface area contributed by atoms with Crippen molar-refractivity contribution in [3.05, 3.63) is 36.2 Å². The molecule has 0 saturated heterocycles. The standard InChI is InChI=1S/C13H16N4O/c14-10-5-9(6-10)7-15-13(18)11-8-16-17-4-2-1-3-12(11)17/h1-4,8-10H,5-7,14H2,(H,15,18). The van der Waals surface area contributed by atoms with Gasteiger partial charge >= 0.3 is 0 Å². The maximum absolute atomic E-state index is 12.1. The van der Waals surface area contributed by atoms with Crippen molar-refractivity contribution in [2.24, 2.45) is 11.7 Å². The maximum Gasteiger partial charge on any atom is 0.255 e. The fourth-order valence-corrected chi connectivity index (χ4v) is 2.40. The van der Waals surface area contributed by atoms with Crippen LogP contribution in [0.2, 0.25) is 0 Å². The Kier molecular flexibility index (Phi) is 2.76. The zero-order valence-corrected chi connectivity index (χ0v) is 10.0. The fourth-order valence-electron chi connectivity index (χ4n) is 2.40. The third-order valence-corrected chi connectivity index (χ3v) is 3.49. The number of pyridine rings is 1. The molecule has 3 rings (SSSR count). The molecule has 0 aromatic carbocycles. The van der Waals surface area contributed by atoms with E-state index in [4.69, 9.17) is 5.73 Å². The third kappa shape index (κ3) is 1.97. The first kappa shape index (κ1) is 11.2. The first-order valence-corrected chi connectivity index (χ1v) is 6.20. The molecule has 0 radical (unpaired) electrons. The first-order chi connectivity index (χ1) is 8.74. The van der Waals surface area contributed by atoms with Gasteiger partial charge in [-0.2, -0.15) is 5.10 Å². The Morgan fingerprint density at radius 3 is 3.11 bits per heavy atom. The summed E-state index contributed by atoms with van der Waals surface area (Å²) in [6, 6.07) is 6.00. The third-order valence-electron chi connectivity index (χ3n) is 3.49. The van der Waals surface area contributed by atoms with Gasteiger partial charge in [0, 0.05) is 18.8 Å². The Morgan fingerprint density at radius 1 is 1.50 bits per heavy atom. The van der Waals surface area contributed by atoms with Gasteiger partial charge in [0.15, 0.2) is 0 Å². The molecule has 0 bridgehead atoms. The van der Waals surface area contributed by atoms with Crippen molar-refractivity contribution in [1.82, 2.24) is 14.9 Å². The molecule has 94 valence electrons. The van der Waals surface area contributed by atoms with E-state index in [0.717, 1.165) is 18.4 Å². The van der Waals surface area contributed by atoms with Gasteiger partial charge in [0.2, 0.25) is 0 Å². The molecule has 18 heavy (non-hydrogen) atoms. The van der Waals surface area contributed by atoms with Crippen LogP contribution < -0.4 is 11.1 Å². The van der Waals surface area contributed by atoms with E-state index in [2.05, 4.69) is 10.4 Å². The Balaban J connectivity index is 1.68. The molecular weight excluding hydrogens is 228 g/mol. The van der Waals surface area contributed by atoms with Gasteiger partial charge in [-0.15, -0.1) is 0 Å². The first-order valence-electron chi connectivity index (χ1n) is 6.20. The highest BCUT2D eigenvalue weighted by Gasteiger charge is 2.26. The summed E-state index contributed by atoms with van der Waals surface area (Å²) in [5.74, 6) is 0.475. The second-order valence-electron chi connectivity index (χ2n) is 4.90. The molecule has 1 aliphatic carbocycles. The molecule has 0 atom stereocenters. The molecule has 5 nitrogen and oxygen atoms in total. The average molecular weight is 244 g/mol. The van der Waals surface area contributed by atoms with E-state index in [1.165, 1.54) is 0 Å². The molecule has 5 heteroatoms. The smallest absolute Gasteiger partial charge is 0.255 e. The second kappa shape index (κ2) is 4.42. The van der Waals surface area contributed by atoms with Crippen molar-refractivity contribution in [3.8, 4) is 0 Å². The average Bonchev–Trinajstić information content (AvgIpc) is 2.76. The molecule has 2 aromatic rings. The minimum atomic E-state index is -0.0586. The predicted octanol–water partition coefficient (Wildman–Crippen LogP) is 0.801. The van der Waals surface area contributed by atoms with Gasteiger partial charge in [-0.1, -0.05) is 6.07 Å². The van der Waals surface area contributed by atoms with E-state index in [1.807, 2.05) is 24.4 Å². The normalized spacial score (nSPS) is 22.7. The number of amides is 1. The van der Waals surface area contributed by atoms with Crippen LogP contribution in [-0.2, 0) is 0 Å². The van der Waals surface area contributed by atoms with E-state index >= 15 is 0 Å². The van der Waals surface area contributed by atoms with Crippen LogP contribution in [-0.4, -0.2) is 28.1 Å². The quantitative estimate of drug-likeness (QED) is 0.839. The number of carbonyl (C=O) groups excluding carboxylic acids is 1. The molecule has 1 fully saturated rings. The Hall–Kier alpha value is -1.88. The number of hydrogen-bond donors (Lipinski definition) is 2. The number of nitrogens with zero attached hydrogens (tertiary/aromatic N) is 2. The summed E-state index contributed by atoms with van der Waals surface area (Å²) in [6.07, 6.45) is 5.46. The van der Waals surface area contributed by atoms with E-state index < -0.39 is 0 Å². The predicted molar refractivity (Wildman–Crippen MR) is 68.2 cm³/mol. The molecule has 1 aliphatic rings. The Bertz CT molecular complexity index is 571. The van der Waals surface area contributed by atoms with Gasteiger partial charge in [-0.3, -0.25) is 4.79 Å². The van der Waals surface area contributed by atoms with Crippen molar-refractivity contribution >= 4 is 11.4 Å². The van der Waals surface area contributed by atoms with Crippen LogP contribution in [0.25, 0.3) is 5.52 Å². The molecule has 1 saturated carbocycles. The van der Waals surface area contributed by atoms with E-state index in [-0.39, 0.29) is 5.91 Å². The van der Waals surface area contributed by atoms with Crippen LogP contribution in [0.15, 0.2) is 30.6 Å². The summed E-state index contributed by atoms with van der Waals surface area (Å²) in [5.41, 5.74) is 7.18. The van der Waals surface area contributed by atoms with E-state index in [9.17, 15) is 4.79 Å². The van der Waals surface area contributed by atoms with Crippen molar-refractivity contribution in [2.45, 2.75) is 18.9 Å². The van der Waals surface area contributed by atoms with Crippen LogP contribution in [0, 0.1) is 5.92 Å². The van der Waals surface area contributed by atoms with Crippen molar-refractivity contribution in [2.75, 3.05) is 6.54 Å². The SMILES string of the molecule is NC1CC(CNC(=O)c2cnn3ccccc23)C1. The molecule has 0 aliphatic heterocycles. The maximum atomic E-state index is 12.1. The highest BCUT2D eigenvalue weighted by Crippen LogP contribution is 2.24. The molecule has 0 spiro atoms. The van der Waals surface area contributed by atoms with E-state index in [0.29, 0.717) is 24.1 Å². The molecule has 1 amide bonds. The minimum absolute atomic E-state index is 0.0586. The molecule has 0 unspecified atom stereocenters. The van der Waals surface area contributed by atoms with Crippen molar-refractivity contribution < 1.29 is 4.79 Å². The number of carbonyl (C=O) groups is 1. The highest BCUT2D eigenvalue weighted by atomic mass is 16.1. The molecule has 2 aromatic heterocycles. The van der Waals surface area contributed by atoms with Gasteiger partial charge in [0.1, 0.15) is 0 Å². The van der Waals surface area contributed by atoms with Gasteiger partial charge in [0.05, 0.1) is 17.3 Å². The lowest BCUT2D eigenvalue weighted by Crippen LogP contribution is -2.42. The number of nitrogens with two attached hydrogens (primary N) is 1. The van der Waals surface area contributed by atoms with E-state index in [1.54, 1.807) is 10.7 Å². The summed E-state index contributed by atoms with van der Waals surface area (Å²) < 4.78 is 1.70. The van der Waals surface area contributed by atoms with Crippen LogP contribution in [0.1, 0.15) is 23.2 Å². The largest absolute Gasteiger partial charge is 0.352 e. The number of fused-ring (bicyclic) bond motifs is 1. The molecular formula is C13H16N4O. The Morgan fingerprint density at radius 2 is 2.33 bits per heavy atom. The summed E-state index contributed by atoms with van der Waals surface area (Å²) >= 11 is 0. The monoisotopic (exact) mass is 244 g/mol. The second-order valence-corrected chi connectivity index (χ2v) is 4.90. The summed E-state index contributed by atoms with van der Waals surface area (Å²) in [5, 5.41) is 7.10. The zero-order chi connectivity index (χ0) is 12.5. The minimum Gasteiger partial charge on any atom is -0.352 e.